The Hall–Kier alpha value is -3.17. The normalized spacial score (nSPS) is 15.7. The van der Waals surface area contributed by atoms with Gasteiger partial charge in [-0.05, 0) is 94.0 Å². The SMILES string of the molecule is O=C(Nc1ccc(SC2CC(=O)N(c3ccc(I)cc3)C2=O)cc1)c1ccc2ccccc2c1. The van der Waals surface area contributed by atoms with Crippen LogP contribution in [-0.2, 0) is 9.59 Å². The second-order valence-electron chi connectivity index (χ2n) is 7.89. The summed E-state index contributed by atoms with van der Waals surface area (Å²) in [4.78, 5) is 40.2. The maximum absolute atomic E-state index is 12.9. The number of benzene rings is 4. The number of carbonyl (C=O) groups excluding carboxylic acids is 3. The van der Waals surface area contributed by atoms with Crippen LogP contribution in [0.5, 0.6) is 0 Å². The summed E-state index contributed by atoms with van der Waals surface area (Å²) in [5.41, 5.74) is 1.85. The quantitative estimate of drug-likeness (QED) is 0.229. The van der Waals surface area contributed by atoms with Gasteiger partial charge in [0.05, 0.1) is 10.9 Å². The zero-order valence-electron chi connectivity index (χ0n) is 17.9. The molecule has 0 spiro atoms. The highest BCUT2D eigenvalue weighted by molar-refractivity contribution is 14.1. The number of hydrogen-bond donors (Lipinski definition) is 1. The van der Waals surface area contributed by atoms with Crippen molar-refractivity contribution in [3.05, 3.63) is 100 Å². The molecule has 34 heavy (non-hydrogen) atoms. The van der Waals surface area contributed by atoms with Gasteiger partial charge in [0.15, 0.2) is 0 Å². The number of anilines is 2. The van der Waals surface area contributed by atoms with E-state index >= 15 is 0 Å². The third-order valence-corrected chi connectivity index (χ3v) is 7.51. The zero-order valence-corrected chi connectivity index (χ0v) is 20.9. The van der Waals surface area contributed by atoms with Crippen LogP contribution in [0.1, 0.15) is 16.8 Å². The number of imide groups is 1. The lowest BCUT2D eigenvalue weighted by atomic mass is 10.1. The number of thioether (sulfide) groups is 1. The van der Waals surface area contributed by atoms with Crippen molar-refractivity contribution in [3.8, 4) is 0 Å². The van der Waals surface area contributed by atoms with E-state index in [9.17, 15) is 14.4 Å². The third kappa shape index (κ3) is 4.71. The van der Waals surface area contributed by atoms with Crippen LogP contribution in [0.3, 0.4) is 0 Å². The minimum Gasteiger partial charge on any atom is -0.322 e. The molecule has 4 aromatic rings. The molecule has 1 aliphatic rings. The summed E-state index contributed by atoms with van der Waals surface area (Å²) < 4.78 is 1.04. The average Bonchev–Trinajstić information content (AvgIpc) is 3.13. The molecule has 1 unspecified atom stereocenters. The van der Waals surface area contributed by atoms with Crippen LogP contribution in [0.25, 0.3) is 10.8 Å². The summed E-state index contributed by atoms with van der Waals surface area (Å²) >= 11 is 3.55. The number of hydrogen-bond acceptors (Lipinski definition) is 4. The van der Waals surface area contributed by atoms with Crippen molar-refractivity contribution in [1.29, 1.82) is 0 Å². The Kier molecular flexibility index (Phi) is 6.38. The molecular formula is C27H19IN2O3S. The van der Waals surface area contributed by atoms with Crippen LogP contribution in [0, 0.1) is 3.57 Å². The van der Waals surface area contributed by atoms with Gasteiger partial charge in [-0.1, -0.05) is 30.3 Å². The summed E-state index contributed by atoms with van der Waals surface area (Å²) in [5.74, 6) is -0.580. The Morgan fingerprint density at radius 2 is 1.59 bits per heavy atom. The smallest absolute Gasteiger partial charge is 0.255 e. The molecule has 168 valence electrons. The van der Waals surface area contributed by atoms with Crippen molar-refractivity contribution in [2.75, 3.05) is 10.2 Å². The van der Waals surface area contributed by atoms with Crippen molar-refractivity contribution in [3.63, 3.8) is 0 Å². The standard InChI is InChI=1S/C27H19IN2O3S/c28-20-7-11-22(12-8-20)30-25(31)16-24(27(30)33)34-23-13-9-21(10-14-23)29-26(32)19-6-5-17-3-1-2-4-18(17)15-19/h1-15,24H,16H2,(H,29,32). The topological polar surface area (TPSA) is 66.5 Å². The Morgan fingerprint density at radius 3 is 2.32 bits per heavy atom. The highest BCUT2D eigenvalue weighted by Crippen LogP contribution is 2.34. The highest BCUT2D eigenvalue weighted by Gasteiger charge is 2.40. The van der Waals surface area contributed by atoms with Gasteiger partial charge in [0.25, 0.3) is 5.91 Å². The molecule has 0 aliphatic carbocycles. The maximum Gasteiger partial charge on any atom is 0.255 e. The molecule has 1 aliphatic heterocycles. The fourth-order valence-corrected chi connectivity index (χ4v) is 5.29. The molecule has 1 heterocycles. The summed E-state index contributed by atoms with van der Waals surface area (Å²) in [6.07, 6.45) is 0.163. The third-order valence-electron chi connectivity index (χ3n) is 5.59. The van der Waals surface area contributed by atoms with E-state index in [0.717, 1.165) is 19.2 Å². The number of nitrogens with one attached hydrogen (secondary N) is 1. The van der Waals surface area contributed by atoms with Gasteiger partial charge in [0.1, 0.15) is 0 Å². The minimum atomic E-state index is -0.468. The largest absolute Gasteiger partial charge is 0.322 e. The lowest BCUT2D eigenvalue weighted by Gasteiger charge is -2.15. The summed E-state index contributed by atoms with van der Waals surface area (Å²) in [5, 5.41) is 4.54. The molecule has 3 amide bonds. The first-order valence-electron chi connectivity index (χ1n) is 10.7. The molecular weight excluding hydrogens is 559 g/mol. The molecule has 7 heteroatoms. The Labute approximate surface area is 214 Å². The minimum absolute atomic E-state index is 0.163. The second kappa shape index (κ2) is 9.60. The van der Waals surface area contributed by atoms with Gasteiger partial charge >= 0.3 is 0 Å². The maximum atomic E-state index is 12.9. The van der Waals surface area contributed by atoms with Gasteiger partial charge in [-0.2, -0.15) is 0 Å². The Bertz CT molecular complexity index is 1400. The van der Waals surface area contributed by atoms with E-state index in [1.165, 1.54) is 16.7 Å². The van der Waals surface area contributed by atoms with Gasteiger partial charge in [0.2, 0.25) is 11.8 Å². The summed E-state index contributed by atoms with van der Waals surface area (Å²) in [6.45, 7) is 0. The van der Waals surface area contributed by atoms with Crippen molar-refractivity contribution >= 4 is 74.2 Å². The van der Waals surface area contributed by atoms with Gasteiger partial charge in [-0.15, -0.1) is 11.8 Å². The number of carbonyl (C=O) groups is 3. The van der Waals surface area contributed by atoms with Crippen LogP contribution in [0.15, 0.2) is 95.9 Å². The molecule has 1 N–H and O–H groups in total. The number of rotatable bonds is 5. The van der Waals surface area contributed by atoms with E-state index in [1.54, 1.807) is 24.3 Å². The van der Waals surface area contributed by atoms with Crippen molar-refractivity contribution in [1.82, 2.24) is 0 Å². The van der Waals surface area contributed by atoms with E-state index in [2.05, 4.69) is 27.9 Å². The molecule has 0 saturated carbocycles. The fourth-order valence-electron chi connectivity index (χ4n) is 3.87. The Balaban J connectivity index is 1.24. The first kappa shape index (κ1) is 22.6. The van der Waals surface area contributed by atoms with Crippen molar-refractivity contribution in [2.24, 2.45) is 0 Å². The molecule has 0 bridgehead atoms. The van der Waals surface area contributed by atoms with E-state index < -0.39 is 5.25 Å². The number of halogens is 1. The molecule has 5 nitrogen and oxygen atoms in total. The second-order valence-corrected chi connectivity index (χ2v) is 10.4. The van der Waals surface area contributed by atoms with Crippen LogP contribution in [-0.4, -0.2) is 23.0 Å². The van der Waals surface area contributed by atoms with Crippen LogP contribution in [0.2, 0.25) is 0 Å². The molecule has 5 rings (SSSR count). The fraction of sp³-hybridized carbons (Fsp3) is 0.0741. The van der Waals surface area contributed by atoms with Gasteiger partial charge in [0, 0.05) is 26.1 Å². The van der Waals surface area contributed by atoms with Crippen LogP contribution < -0.4 is 10.2 Å². The zero-order chi connectivity index (χ0) is 23.7. The van der Waals surface area contributed by atoms with E-state index in [-0.39, 0.29) is 24.1 Å². The molecule has 0 aromatic heterocycles. The van der Waals surface area contributed by atoms with Gasteiger partial charge in [-0.3, -0.25) is 14.4 Å². The summed E-state index contributed by atoms with van der Waals surface area (Å²) in [6, 6.07) is 28.2. The molecule has 1 atom stereocenters. The van der Waals surface area contributed by atoms with Crippen molar-refractivity contribution < 1.29 is 14.4 Å². The first-order chi connectivity index (χ1) is 16.5. The lowest BCUT2D eigenvalue weighted by Crippen LogP contribution is -2.31. The predicted octanol–water partition coefficient (Wildman–Crippen LogP) is 6.12. The van der Waals surface area contributed by atoms with Gasteiger partial charge < -0.3 is 5.32 Å². The van der Waals surface area contributed by atoms with Crippen LogP contribution >= 0.6 is 34.4 Å². The number of amides is 3. The molecule has 0 radical (unpaired) electrons. The van der Waals surface area contributed by atoms with Crippen LogP contribution in [0.4, 0.5) is 11.4 Å². The van der Waals surface area contributed by atoms with E-state index in [4.69, 9.17) is 0 Å². The van der Waals surface area contributed by atoms with E-state index in [1.807, 2.05) is 66.7 Å². The monoisotopic (exact) mass is 578 g/mol. The lowest BCUT2D eigenvalue weighted by molar-refractivity contribution is -0.121. The average molecular weight is 578 g/mol. The molecule has 4 aromatic carbocycles. The number of fused-ring (bicyclic) bond motifs is 1. The predicted molar refractivity (Wildman–Crippen MR) is 144 cm³/mol. The number of nitrogens with zero attached hydrogens (tertiary/aromatic N) is 1. The Morgan fingerprint density at radius 1 is 0.882 bits per heavy atom. The highest BCUT2D eigenvalue weighted by atomic mass is 127. The summed E-state index contributed by atoms with van der Waals surface area (Å²) in [7, 11) is 0. The molecule has 1 saturated heterocycles. The first-order valence-corrected chi connectivity index (χ1v) is 12.6. The molecule has 1 fully saturated rings. The van der Waals surface area contributed by atoms with E-state index in [0.29, 0.717) is 16.9 Å². The van der Waals surface area contributed by atoms with Gasteiger partial charge in [-0.25, -0.2) is 4.90 Å². The van der Waals surface area contributed by atoms with Crippen molar-refractivity contribution in [2.45, 2.75) is 16.6 Å².